The molecule has 7 heteroatoms. The van der Waals surface area contributed by atoms with Crippen LogP contribution in [0.2, 0.25) is 0 Å². The average Bonchev–Trinajstić information content (AvgIpc) is 3.56. The highest BCUT2D eigenvalue weighted by atomic mass is 32.2. The Morgan fingerprint density at radius 1 is 1.06 bits per heavy atom. The Morgan fingerprint density at radius 2 is 1.75 bits per heavy atom. The molecule has 0 radical (unpaired) electrons. The van der Waals surface area contributed by atoms with Crippen molar-refractivity contribution in [2.75, 3.05) is 5.75 Å². The highest BCUT2D eigenvalue weighted by Crippen LogP contribution is 2.77. The molecule has 2 aliphatic heterocycles. The van der Waals surface area contributed by atoms with E-state index < -0.39 is 44.4 Å². The van der Waals surface area contributed by atoms with Crippen molar-refractivity contribution in [3.05, 3.63) is 42.0 Å². The van der Waals surface area contributed by atoms with Gasteiger partial charge < -0.3 is 14.2 Å². The van der Waals surface area contributed by atoms with E-state index in [4.69, 9.17) is 14.2 Å². The van der Waals surface area contributed by atoms with Crippen molar-refractivity contribution in [3.63, 3.8) is 0 Å². The van der Waals surface area contributed by atoms with Gasteiger partial charge in [0.05, 0.1) is 16.1 Å². The molecule has 0 aromatic heterocycles. The molecule has 36 heavy (non-hydrogen) atoms. The summed E-state index contributed by atoms with van der Waals surface area (Å²) in [5.41, 5.74) is -1.87. The first-order valence-electron chi connectivity index (χ1n) is 13.3. The molecule has 7 rings (SSSR count). The molecule has 2 bridgehead atoms. The maximum absolute atomic E-state index is 14.8. The molecule has 0 N–H and O–H groups in total. The van der Waals surface area contributed by atoms with Crippen LogP contribution in [0.1, 0.15) is 54.4 Å². The zero-order chi connectivity index (χ0) is 25.7. The van der Waals surface area contributed by atoms with Crippen LogP contribution in [0.15, 0.2) is 46.9 Å². The lowest BCUT2D eigenvalue weighted by atomic mass is 9.59. The Balaban J connectivity index is 1.42. The summed E-state index contributed by atoms with van der Waals surface area (Å²) < 4.78 is 47.4. The normalized spacial score (nSPS) is 49.1. The highest BCUT2D eigenvalue weighted by molar-refractivity contribution is 7.91. The molecule has 2 heterocycles. The maximum Gasteiger partial charge on any atom is 0.181 e. The summed E-state index contributed by atoms with van der Waals surface area (Å²) >= 11 is 0. The van der Waals surface area contributed by atoms with Crippen LogP contribution in [0.25, 0.3) is 0 Å². The van der Waals surface area contributed by atoms with Gasteiger partial charge in [-0.05, 0) is 74.5 Å². The standard InChI is InChI=1S/C29H36O6S/c1-16-13-28-17(2)12-20-21(25(20,3)4)19(22(28)30)14-27(15-36(31,32)18-10-8-7-9-11-18)24(34-27)29(28)23(16)33-26(5,6)35-29/h7-11,13,17,19-21,23-24H,12,14-15H2,1-6H3/t17-,19+,20-,21+,23+,24-,27+,28+,29-/m1/s1. The number of carbonyl (C=O) groups is 1. The number of ether oxygens (including phenoxy) is 3. The second-order valence-electron chi connectivity index (χ2n) is 13.5. The van der Waals surface area contributed by atoms with Crippen LogP contribution in [0.3, 0.4) is 0 Å². The molecule has 0 unspecified atom stereocenters. The Morgan fingerprint density at radius 3 is 2.44 bits per heavy atom. The molecule has 194 valence electrons. The first-order chi connectivity index (χ1) is 16.7. The third kappa shape index (κ3) is 2.59. The second kappa shape index (κ2) is 6.53. The number of benzene rings is 1. The minimum Gasteiger partial charge on any atom is -0.362 e. The zero-order valence-corrected chi connectivity index (χ0v) is 22.7. The molecule has 2 saturated heterocycles. The van der Waals surface area contributed by atoms with Gasteiger partial charge in [0, 0.05) is 5.92 Å². The first kappa shape index (κ1) is 23.6. The fraction of sp³-hybridized carbons (Fsp3) is 0.690. The van der Waals surface area contributed by atoms with Crippen LogP contribution in [-0.2, 0) is 28.8 Å². The third-order valence-corrected chi connectivity index (χ3v) is 12.5. The number of Topliss-reactive ketones (excluding diaryl/α,β-unsaturated/α-hetero) is 1. The summed E-state index contributed by atoms with van der Waals surface area (Å²) in [5.74, 6) is -0.420. The van der Waals surface area contributed by atoms with Gasteiger partial charge in [-0.2, -0.15) is 0 Å². The van der Waals surface area contributed by atoms with Gasteiger partial charge in [0.1, 0.15) is 29.2 Å². The Bertz CT molecular complexity index is 1310. The molecule has 0 amide bonds. The van der Waals surface area contributed by atoms with Crippen LogP contribution in [0.4, 0.5) is 0 Å². The summed E-state index contributed by atoms with van der Waals surface area (Å²) in [6.45, 7) is 12.5. The van der Waals surface area contributed by atoms with E-state index in [2.05, 4.69) is 26.8 Å². The van der Waals surface area contributed by atoms with E-state index in [9.17, 15) is 13.2 Å². The summed E-state index contributed by atoms with van der Waals surface area (Å²) in [5, 5.41) is 0. The van der Waals surface area contributed by atoms with Gasteiger partial charge in [0.15, 0.2) is 15.6 Å². The molecule has 6 aliphatic rings. The van der Waals surface area contributed by atoms with E-state index in [-0.39, 0.29) is 39.6 Å². The molecule has 6 nitrogen and oxygen atoms in total. The SMILES string of the molecule is CC1=C[C@]23C(=O)[C@@H](C[C@@]4(CS(=O)(=O)c5ccccc5)O[C@H]4[C@@]24OC(C)(C)O[C@@H]14)[C@H]1[C@@H](C[C@H]3C)C1(C)C. The van der Waals surface area contributed by atoms with Crippen LogP contribution in [0, 0.1) is 34.5 Å². The van der Waals surface area contributed by atoms with Gasteiger partial charge in [0.25, 0.3) is 0 Å². The highest BCUT2D eigenvalue weighted by Gasteiger charge is 2.87. The van der Waals surface area contributed by atoms with Crippen LogP contribution in [0.5, 0.6) is 0 Å². The van der Waals surface area contributed by atoms with Gasteiger partial charge in [0.2, 0.25) is 0 Å². The molecule has 1 aromatic carbocycles. The Kier molecular flexibility index (Phi) is 4.28. The van der Waals surface area contributed by atoms with Crippen molar-refractivity contribution in [3.8, 4) is 0 Å². The van der Waals surface area contributed by atoms with Gasteiger partial charge in [-0.25, -0.2) is 8.42 Å². The molecule has 4 aliphatic carbocycles. The largest absolute Gasteiger partial charge is 0.362 e. The lowest BCUT2D eigenvalue weighted by Crippen LogP contribution is -2.62. The lowest BCUT2D eigenvalue weighted by Gasteiger charge is -2.46. The fourth-order valence-corrected chi connectivity index (χ4v) is 11.0. The second-order valence-corrected chi connectivity index (χ2v) is 15.4. The molecule has 1 aromatic rings. The first-order valence-corrected chi connectivity index (χ1v) is 14.9. The predicted octanol–water partition coefficient (Wildman–Crippen LogP) is 4.34. The quantitative estimate of drug-likeness (QED) is 0.443. The van der Waals surface area contributed by atoms with E-state index in [1.54, 1.807) is 24.3 Å². The monoisotopic (exact) mass is 512 g/mol. The number of hydrogen-bond donors (Lipinski definition) is 0. The minimum absolute atomic E-state index is 0.0347. The van der Waals surface area contributed by atoms with E-state index in [1.807, 2.05) is 26.8 Å². The number of epoxide rings is 1. The van der Waals surface area contributed by atoms with Crippen molar-refractivity contribution in [2.45, 2.75) is 88.5 Å². The minimum atomic E-state index is -3.65. The van der Waals surface area contributed by atoms with E-state index in [1.165, 1.54) is 0 Å². The molecular weight excluding hydrogens is 476 g/mol. The van der Waals surface area contributed by atoms with Gasteiger partial charge in [-0.15, -0.1) is 0 Å². The van der Waals surface area contributed by atoms with Crippen LogP contribution < -0.4 is 0 Å². The maximum atomic E-state index is 14.8. The molecule has 2 spiro atoms. The fourth-order valence-electron chi connectivity index (χ4n) is 9.28. The third-order valence-electron chi connectivity index (χ3n) is 10.7. The predicted molar refractivity (Wildman–Crippen MR) is 133 cm³/mol. The topological polar surface area (TPSA) is 82.2 Å². The average molecular weight is 513 g/mol. The van der Waals surface area contributed by atoms with E-state index in [0.717, 1.165) is 12.0 Å². The number of carbonyl (C=O) groups excluding carboxylic acids is 1. The Hall–Kier alpha value is -1.54. The number of fused-ring (bicyclic) bond motifs is 4. The smallest absolute Gasteiger partial charge is 0.181 e. The van der Waals surface area contributed by atoms with Crippen molar-refractivity contribution in [1.29, 1.82) is 0 Å². The van der Waals surface area contributed by atoms with Crippen molar-refractivity contribution >= 4 is 15.6 Å². The van der Waals surface area contributed by atoms with Crippen LogP contribution in [-0.4, -0.2) is 49.2 Å². The number of rotatable bonds is 3. The van der Waals surface area contributed by atoms with E-state index in [0.29, 0.717) is 12.3 Å². The summed E-state index contributed by atoms with van der Waals surface area (Å²) in [7, 11) is -3.65. The van der Waals surface area contributed by atoms with Crippen molar-refractivity contribution in [2.24, 2.45) is 34.5 Å². The van der Waals surface area contributed by atoms with Gasteiger partial charge >= 0.3 is 0 Å². The summed E-state index contributed by atoms with van der Waals surface area (Å²) in [4.78, 5) is 15.1. The summed E-state index contributed by atoms with van der Waals surface area (Å²) in [6, 6.07) is 8.57. The van der Waals surface area contributed by atoms with E-state index >= 15 is 0 Å². The number of sulfone groups is 1. The summed E-state index contributed by atoms with van der Waals surface area (Å²) in [6.07, 6.45) is 2.54. The number of ketones is 1. The molecule has 5 fully saturated rings. The molecule has 9 atom stereocenters. The van der Waals surface area contributed by atoms with Gasteiger partial charge in [-0.3, -0.25) is 4.79 Å². The van der Waals surface area contributed by atoms with Crippen molar-refractivity contribution in [1.82, 2.24) is 0 Å². The molecular formula is C29H36O6S. The number of hydrogen-bond acceptors (Lipinski definition) is 6. The Labute approximate surface area is 213 Å². The van der Waals surface area contributed by atoms with Crippen LogP contribution >= 0.6 is 0 Å². The van der Waals surface area contributed by atoms with Crippen molar-refractivity contribution < 1.29 is 27.4 Å². The molecule has 3 saturated carbocycles. The zero-order valence-electron chi connectivity index (χ0n) is 21.9. The lowest BCUT2D eigenvalue weighted by molar-refractivity contribution is -0.199. The van der Waals surface area contributed by atoms with Gasteiger partial charge in [-0.1, -0.05) is 45.0 Å².